The largest absolute Gasteiger partial charge is 0.444 e. The maximum atomic E-state index is 14.6. The lowest BCUT2D eigenvalue weighted by molar-refractivity contribution is -0.132. The van der Waals surface area contributed by atoms with Crippen LogP contribution in [-0.2, 0) is 9.53 Å². The standard InChI is InChI=1S/C27H28FN5O3S/c1-27(2,3)36-26(35)32-24(20-8-4-5-9-21(20)28)25(34)33-15-18(22(29)16-33)14-31-37-19-10-11-23-17(13-19)7-6-12-30-23/h4-14,24,29,31H,15-16H2,1-3H3,(H,32,35)/b18-14-,29-22?. The Morgan fingerprint density at radius 3 is 2.70 bits per heavy atom. The van der Waals surface area contributed by atoms with E-state index in [4.69, 9.17) is 10.1 Å². The molecule has 0 radical (unpaired) electrons. The maximum absolute atomic E-state index is 14.6. The third-order valence-electron chi connectivity index (χ3n) is 5.52. The van der Waals surface area contributed by atoms with E-state index in [1.807, 2.05) is 30.3 Å². The number of carbonyl (C=O) groups excluding carboxylic acids is 2. The van der Waals surface area contributed by atoms with Gasteiger partial charge in [-0.3, -0.25) is 9.78 Å². The number of likely N-dealkylation sites (tertiary alicyclic amines) is 1. The van der Waals surface area contributed by atoms with Gasteiger partial charge in [-0.05, 0) is 63.1 Å². The minimum Gasteiger partial charge on any atom is -0.444 e. The highest BCUT2D eigenvalue weighted by atomic mass is 32.2. The van der Waals surface area contributed by atoms with Gasteiger partial charge >= 0.3 is 6.09 Å². The second-order valence-corrected chi connectivity index (χ2v) is 10.4. The van der Waals surface area contributed by atoms with E-state index in [1.165, 1.54) is 35.0 Å². The van der Waals surface area contributed by atoms with Crippen molar-refractivity contribution in [2.45, 2.75) is 37.3 Å². The molecular formula is C27H28FN5O3S. The average molecular weight is 522 g/mol. The van der Waals surface area contributed by atoms with E-state index in [-0.39, 0.29) is 24.4 Å². The van der Waals surface area contributed by atoms with Crippen LogP contribution in [0.3, 0.4) is 0 Å². The number of pyridine rings is 1. The highest BCUT2D eigenvalue weighted by Gasteiger charge is 2.35. The van der Waals surface area contributed by atoms with Gasteiger partial charge in [0.2, 0.25) is 0 Å². The number of nitrogens with one attached hydrogen (secondary N) is 3. The molecule has 10 heteroatoms. The summed E-state index contributed by atoms with van der Waals surface area (Å²) in [5.41, 5.74) is 1.02. The molecule has 1 unspecified atom stereocenters. The normalized spacial score (nSPS) is 15.6. The van der Waals surface area contributed by atoms with Crippen molar-refractivity contribution in [1.82, 2.24) is 19.9 Å². The molecule has 1 saturated heterocycles. The first-order valence-electron chi connectivity index (χ1n) is 11.7. The average Bonchev–Trinajstić information content (AvgIpc) is 3.22. The summed E-state index contributed by atoms with van der Waals surface area (Å²) >= 11 is 1.38. The zero-order valence-corrected chi connectivity index (χ0v) is 21.6. The Labute approximate surface area is 218 Å². The van der Waals surface area contributed by atoms with Gasteiger partial charge in [-0.25, -0.2) is 9.18 Å². The fourth-order valence-electron chi connectivity index (χ4n) is 3.81. The van der Waals surface area contributed by atoms with Crippen LogP contribution in [0.2, 0.25) is 0 Å². The molecule has 2 heterocycles. The molecule has 0 spiro atoms. The predicted molar refractivity (Wildman–Crippen MR) is 142 cm³/mol. The number of benzene rings is 2. The van der Waals surface area contributed by atoms with E-state index < -0.39 is 29.5 Å². The van der Waals surface area contributed by atoms with Gasteiger partial charge in [-0.15, -0.1) is 0 Å². The number of nitrogens with zero attached hydrogens (tertiary/aromatic N) is 2. The summed E-state index contributed by atoms with van der Waals surface area (Å²) in [7, 11) is 0. The molecule has 1 fully saturated rings. The molecule has 0 aliphatic carbocycles. The molecule has 1 aromatic heterocycles. The minimum absolute atomic E-state index is 0.0294. The number of rotatable bonds is 6. The van der Waals surface area contributed by atoms with Crippen molar-refractivity contribution in [3.8, 4) is 0 Å². The molecule has 2 amide bonds. The Balaban J connectivity index is 1.46. The molecule has 3 N–H and O–H groups in total. The lowest BCUT2D eigenvalue weighted by Crippen LogP contribution is -2.44. The summed E-state index contributed by atoms with van der Waals surface area (Å²) in [6.45, 7) is 5.29. The Morgan fingerprint density at radius 2 is 1.95 bits per heavy atom. The number of halogens is 1. The first-order valence-corrected chi connectivity index (χ1v) is 12.5. The second-order valence-electron chi connectivity index (χ2n) is 9.52. The Hall–Kier alpha value is -3.92. The molecular weight excluding hydrogens is 493 g/mol. The van der Waals surface area contributed by atoms with E-state index in [0.717, 1.165) is 15.8 Å². The molecule has 3 aromatic rings. The topological polar surface area (TPSA) is 107 Å². The van der Waals surface area contributed by atoms with Crippen LogP contribution in [0.25, 0.3) is 10.9 Å². The number of hydrogen-bond acceptors (Lipinski definition) is 7. The lowest BCUT2D eigenvalue weighted by atomic mass is 10.0. The SMILES string of the molecule is CC(C)(C)OC(=O)NC(C(=O)N1CC(=N)/C(=C\NSc2ccc3ncccc3c2)C1)c1ccccc1F. The quantitative estimate of drug-likeness (QED) is 0.395. The van der Waals surface area contributed by atoms with Gasteiger partial charge in [-0.2, -0.15) is 0 Å². The summed E-state index contributed by atoms with van der Waals surface area (Å²) in [6, 6.07) is 14.2. The van der Waals surface area contributed by atoms with Crippen molar-refractivity contribution < 1.29 is 18.7 Å². The minimum atomic E-state index is -1.29. The lowest BCUT2D eigenvalue weighted by Gasteiger charge is -2.26. The van der Waals surface area contributed by atoms with Crippen LogP contribution in [0.15, 0.2) is 77.5 Å². The van der Waals surface area contributed by atoms with E-state index in [1.54, 1.807) is 39.2 Å². The van der Waals surface area contributed by atoms with E-state index >= 15 is 0 Å². The van der Waals surface area contributed by atoms with Crippen LogP contribution in [0.1, 0.15) is 32.4 Å². The summed E-state index contributed by atoms with van der Waals surface area (Å²) in [4.78, 5) is 32.6. The molecule has 8 nitrogen and oxygen atoms in total. The van der Waals surface area contributed by atoms with E-state index in [9.17, 15) is 14.0 Å². The van der Waals surface area contributed by atoms with Crippen LogP contribution in [0, 0.1) is 11.2 Å². The van der Waals surface area contributed by atoms with Crippen molar-refractivity contribution in [2.75, 3.05) is 13.1 Å². The third-order valence-corrected chi connectivity index (χ3v) is 6.24. The highest BCUT2D eigenvalue weighted by molar-refractivity contribution is 7.97. The van der Waals surface area contributed by atoms with E-state index in [2.05, 4.69) is 15.0 Å². The maximum Gasteiger partial charge on any atom is 0.408 e. The summed E-state index contributed by atoms with van der Waals surface area (Å²) in [5, 5.41) is 11.9. The van der Waals surface area contributed by atoms with Crippen LogP contribution >= 0.6 is 11.9 Å². The van der Waals surface area contributed by atoms with Crippen molar-refractivity contribution in [3.63, 3.8) is 0 Å². The molecule has 192 valence electrons. The van der Waals surface area contributed by atoms with Gasteiger partial charge in [0.25, 0.3) is 5.91 Å². The molecule has 4 rings (SSSR count). The van der Waals surface area contributed by atoms with Crippen molar-refractivity contribution in [1.29, 1.82) is 5.41 Å². The van der Waals surface area contributed by atoms with Gasteiger partial charge in [0.15, 0.2) is 0 Å². The second kappa shape index (κ2) is 11.0. The van der Waals surface area contributed by atoms with Crippen molar-refractivity contribution in [2.24, 2.45) is 0 Å². The number of ether oxygens (including phenoxy) is 1. The Morgan fingerprint density at radius 1 is 1.16 bits per heavy atom. The Kier molecular flexibility index (Phi) is 7.77. The van der Waals surface area contributed by atoms with Crippen LogP contribution in [-0.4, -0.2) is 46.3 Å². The smallest absolute Gasteiger partial charge is 0.408 e. The number of fused-ring (bicyclic) bond motifs is 1. The molecule has 1 aliphatic heterocycles. The molecule has 1 aliphatic rings. The molecule has 1 atom stereocenters. The Bertz CT molecular complexity index is 1370. The zero-order valence-electron chi connectivity index (χ0n) is 20.7. The summed E-state index contributed by atoms with van der Waals surface area (Å²) in [6.07, 6.45) is 2.60. The number of amides is 2. The fraction of sp³-hybridized carbons (Fsp3) is 0.259. The fourth-order valence-corrected chi connectivity index (χ4v) is 4.47. The van der Waals surface area contributed by atoms with Crippen molar-refractivity contribution in [3.05, 3.63) is 83.9 Å². The summed E-state index contributed by atoms with van der Waals surface area (Å²) < 4.78 is 23.0. The van der Waals surface area contributed by atoms with Gasteiger partial charge in [0, 0.05) is 40.4 Å². The van der Waals surface area contributed by atoms with Crippen LogP contribution in [0.5, 0.6) is 0 Å². The van der Waals surface area contributed by atoms with Gasteiger partial charge in [0.1, 0.15) is 17.5 Å². The first-order chi connectivity index (χ1) is 17.6. The van der Waals surface area contributed by atoms with Crippen LogP contribution in [0.4, 0.5) is 9.18 Å². The molecule has 37 heavy (non-hydrogen) atoms. The van der Waals surface area contributed by atoms with E-state index in [0.29, 0.717) is 5.57 Å². The monoisotopic (exact) mass is 521 g/mol. The van der Waals surface area contributed by atoms with Gasteiger partial charge in [-0.1, -0.05) is 24.3 Å². The number of carbonyl (C=O) groups is 2. The van der Waals surface area contributed by atoms with Crippen molar-refractivity contribution >= 4 is 40.6 Å². The summed E-state index contributed by atoms with van der Waals surface area (Å²) in [5.74, 6) is -1.15. The number of aromatic nitrogens is 1. The first kappa shape index (κ1) is 26.2. The zero-order chi connectivity index (χ0) is 26.6. The third kappa shape index (κ3) is 6.65. The molecule has 0 saturated carbocycles. The van der Waals surface area contributed by atoms with Gasteiger partial charge < -0.3 is 25.1 Å². The number of hydrogen-bond donors (Lipinski definition) is 3. The number of alkyl carbamates (subject to hydrolysis) is 1. The van der Waals surface area contributed by atoms with Crippen LogP contribution < -0.4 is 10.0 Å². The predicted octanol–water partition coefficient (Wildman–Crippen LogP) is 4.98. The van der Waals surface area contributed by atoms with Gasteiger partial charge in [0.05, 0.1) is 17.8 Å². The molecule has 2 aromatic carbocycles. The highest BCUT2D eigenvalue weighted by Crippen LogP contribution is 2.24. The molecule has 0 bridgehead atoms.